The quantitative estimate of drug-likeness (QED) is 0.688. The highest BCUT2D eigenvalue weighted by Gasteiger charge is 2.30. The molecule has 1 fully saturated rings. The van der Waals surface area contributed by atoms with Crippen molar-refractivity contribution in [1.82, 2.24) is 19.6 Å². The normalized spacial score (nSPS) is 18.0. The third-order valence-electron chi connectivity index (χ3n) is 4.51. The Morgan fingerprint density at radius 2 is 2.27 bits per heavy atom. The zero-order valence-corrected chi connectivity index (χ0v) is 14.4. The van der Waals surface area contributed by atoms with E-state index >= 15 is 0 Å². The van der Waals surface area contributed by atoms with Crippen LogP contribution < -0.4 is 10.9 Å². The number of aliphatic hydroxyl groups is 1. The number of carbonyl (C=O) groups excluding carboxylic acids is 1. The van der Waals surface area contributed by atoms with Gasteiger partial charge in [-0.3, -0.25) is 19.1 Å². The zero-order valence-electron chi connectivity index (χ0n) is 14.4. The lowest BCUT2D eigenvalue weighted by molar-refractivity contribution is 0.100. The molecule has 1 amide bonds. The lowest BCUT2D eigenvalue weighted by Gasteiger charge is -2.35. The summed E-state index contributed by atoms with van der Waals surface area (Å²) in [6.45, 7) is 1.21. The first-order chi connectivity index (χ1) is 12.5. The lowest BCUT2D eigenvalue weighted by atomic mass is 10.0. The highest BCUT2D eigenvalue weighted by Crippen LogP contribution is 2.29. The lowest BCUT2D eigenvalue weighted by Crippen LogP contribution is -2.39. The largest absolute Gasteiger partial charge is 0.501 e. The Morgan fingerprint density at radius 1 is 1.46 bits per heavy atom. The summed E-state index contributed by atoms with van der Waals surface area (Å²) in [6, 6.07) is -0.212. The molecule has 1 atom stereocenters. The minimum absolute atomic E-state index is 0.0106. The first-order valence-electron chi connectivity index (χ1n) is 8.38. The molecular weight excluding hydrogens is 342 g/mol. The Balaban J connectivity index is 1.99. The molecule has 0 radical (unpaired) electrons. The summed E-state index contributed by atoms with van der Waals surface area (Å²) in [5.41, 5.74) is -0.753. The van der Waals surface area contributed by atoms with Gasteiger partial charge in [0.1, 0.15) is 17.8 Å². The summed E-state index contributed by atoms with van der Waals surface area (Å²) in [4.78, 5) is 31.2. The maximum absolute atomic E-state index is 12.4. The van der Waals surface area contributed by atoms with E-state index in [1.54, 1.807) is 0 Å². The summed E-state index contributed by atoms with van der Waals surface area (Å²) in [7, 11) is 1.51. The first-order valence-corrected chi connectivity index (χ1v) is 8.38. The molecule has 1 saturated heterocycles. The number of amides is 1. The molecule has 3 heterocycles. The number of hydrogen-bond acceptors (Lipinski definition) is 8. The van der Waals surface area contributed by atoms with Gasteiger partial charge in [-0.1, -0.05) is 11.6 Å². The number of nitrogens with one attached hydrogen (secondary N) is 1. The maximum atomic E-state index is 12.4. The van der Waals surface area contributed by atoms with Crippen LogP contribution in [0.4, 0.5) is 5.69 Å². The van der Waals surface area contributed by atoms with Crippen LogP contribution in [0.3, 0.4) is 0 Å². The third-order valence-corrected chi connectivity index (χ3v) is 4.51. The Labute approximate surface area is 149 Å². The van der Waals surface area contributed by atoms with Gasteiger partial charge in [-0.25, -0.2) is 4.98 Å². The van der Waals surface area contributed by atoms with Crippen molar-refractivity contribution in [2.45, 2.75) is 25.3 Å². The fraction of sp³-hybridized carbons (Fsp3) is 0.500. The third kappa shape index (κ3) is 3.46. The average molecular weight is 363 g/mol. The number of aromatic hydroxyl groups is 1. The molecule has 0 unspecified atom stereocenters. The minimum atomic E-state index is -0.728. The molecule has 1 aliphatic rings. The van der Waals surface area contributed by atoms with Crippen LogP contribution in [0.2, 0.25) is 0 Å². The Morgan fingerprint density at radius 3 is 2.96 bits per heavy atom. The second kappa shape index (κ2) is 7.67. The van der Waals surface area contributed by atoms with Crippen molar-refractivity contribution >= 4 is 11.6 Å². The van der Waals surface area contributed by atoms with Gasteiger partial charge in [0, 0.05) is 13.6 Å². The van der Waals surface area contributed by atoms with Gasteiger partial charge in [0.2, 0.25) is 5.75 Å². The van der Waals surface area contributed by atoms with Crippen molar-refractivity contribution in [1.29, 1.82) is 0 Å². The molecule has 0 aromatic carbocycles. The van der Waals surface area contributed by atoms with E-state index in [2.05, 4.69) is 20.0 Å². The van der Waals surface area contributed by atoms with Crippen LogP contribution in [0.5, 0.6) is 5.75 Å². The van der Waals surface area contributed by atoms with Crippen molar-refractivity contribution in [3.63, 3.8) is 0 Å². The van der Waals surface area contributed by atoms with Gasteiger partial charge in [-0.15, -0.1) is 0 Å². The SMILES string of the molecule is Cn1c([C@H]2CCCCN2CCO)nc(C(=O)Nc2cnoc2)c(O)c1=O. The molecule has 0 aliphatic carbocycles. The topological polar surface area (TPSA) is 134 Å². The summed E-state index contributed by atoms with van der Waals surface area (Å²) < 4.78 is 5.90. The van der Waals surface area contributed by atoms with Gasteiger partial charge in [0.25, 0.3) is 11.5 Å². The van der Waals surface area contributed by atoms with Crippen molar-refractivity contribution in [3.8, 4) is 5.75 Å². The fourth-order valence-corrected chi connectivity index (χ4v) is 3.20. The van der Waals surface area contributed by atoms with Gasteiger partial charge in [0.15, 0.2) is 5.69 Å². The van der Waals surface area contributed by atoms with E-state index in [0.717, 1.165) is 25.8 Å². The number of hydrogen-bond donors (Lipinski definition) is 3. The molecule has 10 nitrogen and oxygen atoms in total. The predicted octanol–water partition coefficient (Wildman–Crippen LogP) is 0.245. The van der Waals surface area contributed by atoms with Crippen LogP contribution in [-0.4, -0.2) is 55.4 Å². The van der Waals surface area contributed by atoms with E-state index in [9.17, 15) is 19.8 Å². The Bertz CT molecular complexity index is 830. The van der Waals surface area contributed by atoms with Gasteiger partial charge >= 0.3 is 0 Å². The fourth-order valence-electron chi connectivity index (χ4n) is 3.20. The summed E-state index contributed by atoms with van der Waals surface area (Å²) in [5.74, 6) is -1.06. The molecule has 0 spiro atoms. The van der Waals surface area contributed by atoms with Crippen molar-refractivity contribution in [3.05, 3.63) is 34.3 Å². The molecule has 26 heavy (non-hydrogen) atoms. The van der Waals surface area contributed by atoms with Crippen LogP contribution in [-0.2, 0) is 7.05 Å². The van der Waals surface area contributed by atoms with Crippen molar-refractivity contribution in [2.75, 3.05) is 25.0 Å². The van der Waals surface area contributed by atoms with E-state index in [4.69, 9.17) is 0 Å². The van der Waals surface area contributed by atoms with E-state index in [1.807, 2.05) is 4.90 Å². The van der Waals surface area contributed by atoms with Crippen LogP contribution >= 0.6 is 0 Å². The molecule has 140 valence electrons. The van der Waals surface area contributed by atoms with E-state index in [-0.39, 0.29) is 24.0 Å². The molecule has 0 saturated carbocycles. The zero-order chi connectivity index (χ0) is 18.7. The molecule has 3 rings (SSSR count). The number of carbonyl (C=O) groups is 1. The van der Waals surface area contributed by atoms with E-state index in [0.29, 0.717) is 12.4 Å². The molecule has 2 aromatic heterocycles. The molecule has 0 bridgehead atoms. The molecule has 1 aliphatic heterocycles. The van der Waals surface area contributed by atoms with Crippen LogP contribution in [0, 0.1) is 0 Å². The number of likely N-dealkylation sites (tertiary alicyclic amines) is 1. The predicted molar refractivity (Wildman–Crippen MR) is 90.8 cm³/mol. The highest BCUT2D eigenvalue weighted by molar-refractivity contribution is 6.04. The number of aromatic nitrogens is 3. The number of rotatable bonds is 5. The summed E-state index contributed by atoms with van der Waals surface area (Å²) in [5, 5.41) is 25.4. The number of nitrogens with zero attached hydrogens (tertiary/aromatic N) is 4. The number of β-amino-alcohol motifs (C(OH)–C–C–N with tert-alkyl or cyclic N) is 1. The first kappa shape index (κ1) is 18.1. The number of anilines is 1. The summed E-state index contributed by atoms with van der Waals surface area (Å²) in [6.07, 6.45) is 5.20. The van der Waals surface area contributed by atoms with Crippen LogP contribution in [0.25, 0.3) is 0 Å². The van der Waals surface area contributed by atoms with E-state index < -0.39 is 17.2 Å². The van der Waals surface area contributed by atoms with Gasteiger partial charge < -0.3 is 20.1 Å². The second-order valence-corrected chi connectivity index (χ2v) is 6.17. The second-order valence-electron chi connectivity index (χ2n) is 6.17. The van der Waals surface area contributed by atoms with Gasteiger partial charge in [-0.2, -0.15) is 0 Å². The Hall–Kier alpha value is -2.72. The van der Waals surface area contributed by atoms with Gasteiger partial charge in [0.05, 0.1) is 18.8 Å². The molecule has 2 aromatic rings. The summed E-state index contributed by atoms with van der Waals surface area (Å²) >= 11 is 0. The highest BCUT2D eigenvalue weighted by atomic mass is 16.5. The molecule has 10 heteroatoms. The van der Waals surface area contributed by atoms with Gasteiger partial charge in [-0.05, 0) is 19.4 Å². The molecule has 3 N–H and O–H groups in total. The smallest absolute Gasteiger partial charge is 0.296 e. The number of piperidine rings is 1. The van der Waals surface area contributed by atoms with E-state index in [1.165, 1.54) is 24.1 Å². The average Bonchev–Trinajstić information content (AvgIpc) is 3.14. The number of aliphatic hydroxyl groups excluding tert-OH is 1. The minimum Gasteiger partial charge on any atom is -0.501 e. The monoisotopic (exact) mass is 363 g/mol. The van der Waals surface area contributed by atoms with Crippen LogP contribution in [0.1, 0.15) is 41.6 Å². The van der Waals surface area contributed by atoms with Crippen molar-refractivity contribution in [2.24, 2.45) is 7.05 Å². The van der Waals surface area contributed by atoms with Crippen molar-refractivity contribution < 1.29 is 19.5 Å². The standard InChI is InChI=1S/C16H21N5O5/c1-20-14(11-4-2-3-5-21(11)6-7-22)19-12(13(23)16(20)25)15(24)18-10-8-17-26-9-10/h8-9,11,22-23H,2-7H2,1H3,(H,18,24)/t11-/m1/s1. The Kier molecular flexibility index (Phi) is 5.33. The molecular formula is C16H21N5O5. The van der Waals surface area contributed by atoms with Crippen LogP contribution in [0.15, 0.2) is 21.8 Å². The maximum Gasteiger partial charge on any atom is 0.296 e.